The number of Topliss-reactive ketones (excluding diaryl/α,β-unsaturated/α-hetero) is 1. The van der Waals surface area contributed by atoms with Crippen molar-refractivity contribution in [2.75, 3.05) is 7.11 Å². The van der Waals surface area contributed by atoms with E-state index in [1.54, 1.807) is 30.6 Å². The largest absolute Gasteiger partial charge is 0.496 e. The molecule has 1 N–H and O–H groups in total. The van der Waals surface area contributed by atoms with Gasteiger partial charge in [-0.25, -0.2) is 4.98 Å². The Bertz CT molecular complexity index is 976. The normalized spacial score (nSPS) is 10.5. The second-order valence-corrected chi connectivity index (χ2v) is 7.22. The molecule has 8 heteroatoms. The number of halogens is 1. The molecule has 144 valence electrons. The van der Waals surface area contributed by atoms with Crippen LogP contribution >= 0.6 is 22.9 Å². The lowest BCUT2D eigenvalue weighted by molar-refractivity contribution is -0.121. The van der Waals surface area contributed by atoms with Gasteiger partial charge in [-0.05, 0) is 30.3 Å². The van der Waals surface area contributed by atoms with E-state index in [4.69, 9.17) is 16.3 Å². The molecule has 3 rings (SSSR count). The fourth-order valence-corrected chi connectivity index (χ4v) is 3.53. The summed E-state index contributed by atoms with van der Waals surface area (Å²) in [5.74, 6) is 0.0347. The van der Waals surface area contributed by atoms with E-state index in [9.17, 15) is 9.59 Å². The van der Waals surface area contributed by atoms with Gasteiger partial charge in [-0.15, -0.1) is 11.3 Å². The van der Waals surface area contributed by atoms with Crippen LogP contribution in [-0.4, -0.2) is 28.8 Å². The molecule has 0 radical (unpaired) electrons. The van der Waals surface area contributed by atoms with E-state index in [1.165, 1.54) is 18.4 Å². The van der Waals surface area contributed by atoms with Crippen LogP contribution in [0.1, 0.15) is 28.9 Å². The monoisotopic (exact) mass is 415 g/mol. The Kier molecular flexibility index (Phi) is 6.73. The van der Waals surface area contributed by atoms with E-state index in [0.717, 1.165) is 16.3 Å². The number of carbonyl (C=O) groups is 2. The number of aromatic nitrogens is 2. The molecule has 0 aliphatic heterocycles. The fourth-order valence-electron chi connectivity index (χ4n) is 2.55. The summed E-state index contributed by atoms with van der Waals surface area (Å²) >= 11 is 7.44. The highest BCUT2D eigenvalue weighted by Gasteiger charge is 2.15. The van der Waals surface area contributed by atoms with Crippen molar-refractivity contribution in [1.82, 2.24) is 15.3 Å². The molecular weight excluding hydrogens is 398 g/mol. The Balaban J connectivity index is 1.51. The van der Waals surface area contributed by atoms with Gasteiger partial charge in [0, 0.05) is 41.2 Å². The molecule has 3 aromatic rings. The first-order chi connectivity index (χ1) is 13.6. The lowest BCUT2D eigenvalue weighted by Gasteiger charge is -2.08. The first-order valence-electron chi connectivity index (χ1n) is 8.55. The molecule has 0 aliphatic carbocycles. The van der Waals surface area contributed by atoms with Crippen molar-refractivity contribution >= 4 is 34.6 Å². The number of ether oxygens (including phenoxy) is 1. The third kappa shape index (κ3) is 5.15. The third-order valence-corrected chi connectivity index (χ3v) is 5.14. The van der Waals surface area contributed by atoms with E-state index in [2.05, 4.69) is 15.3 Å². The second-order valence-electron chi connectivity index (χ2n) is 5.93. The highest BCUT2D eigenvalue weighted by atomic mass is 35.5. The Hall–Kier alpha value is -2.77. The average molecular weight is 416 g/mol. The molecule has 28 heavy (non-hydrogen) atoms. The zero-order chi connectivity index (χ0) is 19.9. The van der Waals surface area contributed by atoms with E-state index in [0.29, 0.717) is 22.9 Å². The van der Waals surface area contributed by atoms with Crippen molar-refractivity contribution in [3.63, 3.8) is 0 Å². The number of hydrogen-bond acceptors (Lipinski definition) is 6. The molecular formula is C20H18ClN3O3S. The minimum Gasteiger partial charge on any atom is -0.496 e. The van der Waals surface area contributed by atoms with Gasteiger partial charge in [0.05, 0.1) is 24.9 Å². The van der Waals surface area contributed by atoms with E-state index in [1.807, 2.05) is 17.5 Å². The number of methoxy groups -OCH3 is 1. The number of hydrogen-bond donors (Lipinski definition) is 1. The van der Waals surface area contributed by atoms with Crippen LogP contribution in [0.2, 0.25) is 5.02 Å². The Labute approximate surface area is 171 Å². The molecule has 1 amide bonds. The third-order valence-electron chi connectivity index (χ3n) is 3.97. The van der Waals surface area contributed by atoms with Gasteiger partial charge in [0.25, 0.3) is 0 Å². The molecule has 0 fully saturated rings. The Morgan fingerprint density at radius 2 is 2.11 bits per heavy atom. The summed E-state index contributed by atoms with van der Waals surface area (Å²) in [5, 5.41) is 5.98. The SMILES string of the molecule is COc1ccc(Cl)cc1C(=O)CCC(=O)NCc1csc(-c2cccnc2)n1. The number of nitrogens with zero attached hydrogens (tertiary/aromatic N) is 2. The van der Waals surface area contributed by atoms with Crippen molar-refractivity contribution < 1.29 is 14.3 Å². The predicted molar refractivity (Wildman–Crippen MR) is 109 cm³/mol. The topological polar surface area (TPSA) is 81.2 Å². The van der Waals surface area contributed by atoms with Gasteiger partial charge in [0.15, 0.2) is 5.78 Å². The quantitative estimate of drug-likeness (QED) is 0.559. The van der Waals surface area contributed by atoms with Gasteiger partial charge in [-0.2, -0.15) is 0 Å². The van der Waals surface area contributed by atoms with Crippen LogP contribution in [0.3, 0.4) is 0 Å². The smallest absolute Gasteiger partial charge is 0.220 e. The van der Waals surface area contributed by atoms with Crippen LogP contribution in [0.25, 0.3) is 10.6 Å². The summed E-state index contributed by atoms with van der Waals surface area (Å²) in [6.07, 6.45) is 3.60. The number of thiazole rings is 1. The molecule has 0 spiro atoms. The fraction of sp³-hybridized carbons (Fsp3) is 0.200. The number of benzene rings is 1. The standard InChI is InChI=1S/C20H18ClN3O3S/c1-27-18-6-4-14(21)9-16(18)17(25)5-7-19(26)23-11-15-12-28-20(24-15)13-3-2-8-22-10-13/h2-4,6,8-10,12H,5,7,11H2,1H3,(H,23,26). The summed E-state index contributed by atoms with van der Waals surface area (Å²) < 4.78 is 5.18. The van der Waals surface area contributed by atoms with Crippen molar-refractivity contribution in [1.29, 1.82) is 0 Å². The maximum atomic E-state index is 12.4. The molecule has 0 saturated carbocycles. The molecule has 0 unspecified atom stereocenters. The van der Waals surface area contributed by atoms with Gasteiger partial charge in [0.2, 0.25) is 5.91 Å². The van der Waals surface area contributed by atoms with Gasteiger partial charge >= 0.3 is 0 Å². The van der Waals surface area contributed by atoms with E-state index in [-0.39, 0.29) is 24.5 Å². The van der Waals surface area contributed by atoms with Crippen LogP contribution in [-0.2, 0) is 11.3 Å². The zero-order valence-corrected chi connectivity index (χ0v) is 16.7. The summed E-state index contributed by atoms with van der Waals surface area (Å²) in [5.41, 5.74) is 2.08. The highest BCUT2D eigenvalue weighted by molar-refractivity contribution is 7.13. The molecule has 0 aliphatic rings. The average Bonchev–Trinajstić information content (AvgIpc) is 3.20. The number of ketones is 1. The lowest BCUT2D eigenvalue weighted by atomic mass is 10.1. The molecule has 0 atom stereocenters. The number of rotatable bonds is 8. The number of amides is 1. The number of nitrogens with one attached hydrogen (secondary N) is 1. The van der Waals surface area contributed by atoms with Gasteiger partial charge in [-0.1, -0.05) is 11.6 Å². The van der Waals surface area contributed by atoms with Crippen LogP contribution < -0.4 is 10.1 Å². The first-order valence-corrected chi connectivity index (χ1v) is 9.81. The minimum atomic E-state index is -0.217. The van der Waals surface area contributed by atoms with E-state index < -0.39 is 0 Å². The first kappa shape index (κ1) is 20.0. The maximum absolute atomic E-state index is 12.4. The van der Waals surface area contributed by atoms with Crippen LogP contribution in [0, 0.1) is 0 Å². The Morgan fingerprint density at radius 1 is 1.25 bits per heavy atom. The number of carbonyl (C=O) groups excluding carboxylic acids is 2. The zero-order valence-electron chi connectivity index (χ0n) is 15.1. The molecule has 6 nitrogen and oxygen atoms in total. The van der Waals surface area contributed by atoms with Gasteiger partial charge in [-0.3, -0.25) is 14.6 Å². The van der Waals surface area contributed by atoms with Crippen molar-refractivity contribution in [3.05, 3.63) is 64.4 Å². The van der Waals surface area contributed by atoms with Crippen molar-refractivity contribution in [2.45, 2.75) is 19.4 Å². The van der Waals surface area contributed by atoms with Gasteiger partial charge < -0.3 is 10.1 Å². The number of pyridine rings is 1. The highest BCUT2D eigenvalue weighted by Crippen LogP contribution is 2.24. The molecule has 2 aromatic heterocycles. The molecule has 1 aromatic carbocycles. The summed E-state index contributed by atoms with van der Waals surface area (Å²) in [6, 6.07) is 8.62. The van der Waals surface area contributed by atoms with Crippen molar-refractivity contribution in [3.8, 4) is 16.3 Å². The molecule has 0 bridgehead atoms. The molecule has 2 heterocycles. The molecule has 0 saturated heterocycles. The van der Waals surface area contributed by atoms with Crippen LogP contribution in [0.4, 0.5) is 0 Å². The minimum absolute atomic E-state index is 0.0700. The summed E-state index contributed by atoms with van der Waals surface area (Å²) in [6.45, 7) is 0.310. The predicted octanol–water partition coefficient (Wildman–Crippen LogP) is 4.15. The van der Waals surface area contributed by atoms with E-state index >= 15 is 0 Å². The summed E-state index contributed by atoms with van der Waals surface area (Å²) in [7, 11) is 1.49. The second kappa shape index (κ2) is 9.43. The van der Waals surface area contributed by atoms with Crippen LogP contribution in [0.5, 0.6) is 5.75 Å². The van der Waals surface area contributed by atoms with Crippen LogP contribution in [0.15, 0.2) is 48.1 Å². The maximum Gasteiger partial charge on any atom is 0.220 e. The van der Waals surface area contributed by atoms with Crippen molar-refractivity contribution in [2.24, 2.45) is 0 Å². The van der Waals surface area contributed by atoms with Gasteiger partial charge in [0.1, 0.15) is 10.8 Å². The lowest BCUT2D eigenvalue weighted by Crippen LogP contribution is -2.23. The summed E-state index contributed by atoms with van der Waals surface area (Å²) in [4.78, 5) is 33.0. The Morgan fingerprint density at radius 3 is 2.86 bits per heavy atom.